The first-order chi connectivity index (χ1) is 31.1. The third-order valence-electron chi connectivity index (χ3n) is 10.3. The molecule has 0 unspecified atom stereocenters. The number of rotatable bonds is 34. The van der Waals surface area contributed by atoms with Gasteiger partial charge in [0.25, 0.3) is 0 Å². The summed E-state index contributed by atoms with van der Waals surface area (Å²) in [6.45, 7) is 6.00. The fourth-order valence-corrected chi connectivity index (χ4v) is 8.45. The number of amides is 6. The van der Waals surface area contributed by atoms with Gasteiger partial charge in [0, 0.05) is 93.2 Å². The van der Waals surface area contributed by atoms with Gasteiger partial charge in [-0.25, -0.2) is 14.8 Å². The average Bonchev–Trinajstić information content (AvgIpc) is 3.82. The third kappa shape index (κ3) is 22.6. The largest absolute Gasteiger partial charge is 0.384 e. The zero-order valence-corrected chi connectivity index (χ0v) is 38.0. The number of nitrogens with zero attached hydrogens (tertiary/aromatic N) is 3. The number of nitrogens with two attached hydrogens (primary N) is 1. The van der Waals surface area contributed by atoms with Crippen molar-refractivity contribution in [3.05, 3.63) is 48.8 Å². The van der Waals surface area contributed by atoms with E-state index < -0.39 is 0 Å². The molecular weight excluding hydrogens is 843 g/mol. The minimum Gasteiger partial charge on any atom is -0.384 e. The molecule has 20 heteroatoms. The van der Waals surface area contributed by atoms with E-state index in [1.165, 1.54) is 12.4 Å². The highest BCUT2D eigenvalue weighted by molar-refractivity contribution is 8.00. The standard InChI is InChI=1S/C44H69N11O8S/c1-55(22-8-17-42(59)52-34-12-6-11-33(29-34)51-38-30-37(45)49-32-50-38)21-5-4-18-46-40(57)15-7-16-41(58)48-20-10-24-62-26-28-63-27-25-61-23-9-19-47-39(56)14-3-2-13-36-43-35(31-64-36)53-44(60)54-43/h6,8,11-12,17,29-30,32,35-36,43H,2-5,7,9-10,13-16,18-28,31H2,1H3,(H,46,57)(H,47,56)(H,48,58)(H,52,59)(H2,53,54,60)(H3,45,49,50,51)/b17-8+/t35-,36-,43-/m0/s1. The van der Waals surface area contributed by atoms with Crippen LogP contribution in [0.5, 0.6) is 0 Å². The van der Waals surface area contributed by atoms with Crippen LogP contribution >= 0.6 is 11.8 Å². The molecule has 0 saturated carbocycles. The van der Waals surface area contributed by atoms with Gasteiger partial charge in [0.05, 0.1) is 38.5 Å². The number of aromatic nitrogens is 2. The van der Waals surface area contributed by atoms with Crippen LogP contribution in [-0.4, -0.2) is 147 Å². The number of carbonyl (C=O) groups excluding carboxylic acids is 5. The molecule has 2 saturated heterocycles. The number of fused-ring (bicyclic) bond motifs is 1. The number of ether oxygens (including phenoxy) is 3. The summed E-state index contributed by atoms with van der Waals surface area (Å²) in [7, 11) is 1.98. The van der Waals surface area contributed by atoms with E-state index in [0.717, 1.165) is 56.5 Å². The van der Waals surface area contributed by atoms with E-state index in [1.807, 2.05) is 37.0 Å². The summed E-state index contributed by atoms with van der Waals surface area (Å²) >= 11 is 1.90. The van der Waals surface area contributed by atoms with Crippen molar-refractivity contribution in [3.63, 3.8) is 0 Å². The predicted octanol–water partition coefficient (Wildman–Crippen LogP) is 3.08. The van der Waals surface area contributed by atoms with Crippen molar-refractivity contribution < 1.29 is 38.2 Å². The smallest absolute Gasteiger partial charge is 0.315 e. The summed E-state index contributed by atoms with van der Waals surface area (Å²) in [5, 5.41) is 21.1. The number of benzene rings is 1. The van der Waals surface area contributed by atoms with Gasteiger partial charge in [-0.05, 0) is 76.7 Å². The molecule has 9 N–H and O–H groups in total. The van der Waals surface area contributed by atoms with Crippen molar-refractivity contribution in [1.82, 2.24) is 41.5 Å². The minimum absolute atomic E-state index is 0.0609. The second kappa shape index (κ2) is 31.0. The number of unbranched alkanes of at least 4 members (excludes halogenated alkanes) is 2. The van der Waals surface area contributed by atoms with Crippen LogP contribution in [0.15, 0.2) is 48.8 Å². The highest BCUT2D eigenvalue weighted by Gasteiger charge is 2.42. The maximum atomic E-state index is 12.4. The zero-order chi connectivity index (χ0) is 45.6. The Morgan fingerprint density at radius 1 is 0.797 bits per heavy atom. The van der Waals surface area contributed by atoms with Crippen LogP contribution in [0.2, 0.25) is 0 Å². The molecule has 1 aromatic heterocycles. The number of anilines is 4. The van der Waals surface area contributed by atoms with E-state index in [2.05, 4.69) is 52.1 Å². The summed E-state index contributed by atoms with van der Waals surface area (Å²) in [6, 6.07) is 9.29. The minimum atomic E-state index is -0.232. The lowest BCUT2D eigenvalue weighted by Crippen LogP contribution is -2.36. The molecule has 0 bridgehead atoms. The summed E-state index contributed by atoms with van der Waals surface area (Å²) in [5.74, 6) is 1.55. The lowest BCUT2D eigenvalue weighted by molar-refractivity contribution is -0.123. The molecule has 19 nitrogen and oxygen atoms in total. The molecule has 2 fully saturated rings. The number of carbonyl (C=O) groups is 5. The molecule has 2 aromatic rings. The Morgan fingerprint density at radius 2 is 1.44 bits per heavy atom. The van der Waals surface area contributed by atoms with E-state index in [1.54, 1.807) is 18.2 Å². The lowest BCUT2D eigenvalue weighted by atomic mass is 10.0. The van der Waals surface area contributed by atoms with Crippen molar-refractivity contribution in [2.45, 2.75) is 88.0 Å². The van der Waals surface area contributed by atoms with E-state index >= 15 is 0 Å². The number of nitrogens with one attached hydrogen (secondary N) is 7. The molecular formula is C44H69N11O8S. The van der Waals surface area contributed by atoms with Crippen LogP contribution in [0.4, 0.5) is 27.8 Å². The fourth-order valence-electron chi connectivity index (χ4n) is 6.91. The number of nitrogen functional groups attached to an aromatic ring is 1. The van der Waals surface area contributed by atoms with E-state index in [9.17, 15) is 24.0 Å². The van der Waals surface area contributed by atoms with Gasteiger partial charge in [0.1, 0.15) is 18.0 Å². The Labute approximate surface area is 381 Å². The summed E-state index contributed by atoms with van der Waals surface area (Å²) in [4.78, 5) is 70.5. The van der Waals surface area contributed by atoms with Crippen LogP contribution in [-0.2, 0) is 33.4 Å². The SMILES string of the molecule is CN(C/C=C/C(=O)Nc1cccc(Nc2cc(N)ncn2)c1)CCCCNC(=O)CCCC(=O)NCCCOCCOCCOCCCNC(=O)CCCC[C@@H]1SC[C@@H]2NC(=O)N[C@@H]21. The van der Waals surface area contributed by atoms with Crippen LogP contribution in [0.25, 0.3) is 0 Å². The van der Waals surface area contributed by atoms with Gasteiger partial charge >= 0.3 is 6.03 Å². The second-order valence-corrected chi connectivity index (χ2v) is 17.0. The first-order valence-electron chi connectivity index (χ1n) is 22.5. The maximum Gasteiger partial charge on any atom is 0.315 e. The molecule has 0 radical (unpaired) electrons. The van der Waals surface area contributed by atoms with Crippen molar-refractivity contribution >= 4 is 64.4 Å². The van der Waals surface area contributed by atoms with E-state index in [-0.39, 0.29) is 41.7 Å². The van der Waals surface area contributed by atoms with Gasteiger partial charge in [0.2, 0.25) is 23.6 Å². The number of hydrogen-bond donors (Lipinski definition) is 8. The molecule has 3 heterocycles. The third-order valence-corrected chi connectivity index (χ3v) is 11.8. The summed E-state index contributed by atoms with van der Waals surface area (Å²) < 4.78 is 16.7. The highest BCUT2D eigenvalue weighted by Crippen LogP contribution is 2.33. The molecule has 354 valence electrons. The molecule has 1 aromatic carbocycles. The molecule has 3 atom stereocenters. The molecule has 6 amide bonds. The van der Waals surface area contributed by atoms with Gasteiger partial charge < -0.3 is 62.1 Å². The second-order valence-electron chi connectivity index (χ2n) is 15.7. The predicted molar refractivity (Wildman–Crippen MR) is 249 cm³/mol. The normalized spacial score (nSPS) is 16.6. The first kappa shape index (κ1) is 51.6. The van der Waals surface area contributed by atoms with E-state index in [4.69, 9.17) is 19.9 Å². The number of urea groups is 1. The topological polar surface area (TPSA) is 252 Å². The molecule has 2 aliphatic heterocycles. The lowest BCUT2D eigenvalue weighted by Gasteiger charge is -2.16. The Kier molecular flexibility index (Phi) is 25.0. The van der Waals surface area contributed by atoms with Crippen LogP contribution in [0, 0.1) is 0 Å². The van der Waals surface area contributed by atoms with E-state index in [0.29, 0.717) is 120 Å². The van der Waals surface area contributed by atoms with Gasteiger partial charge in [0.15, 0.2) is 0 Å². The summed E-state index contributed by atoms with van der Waals surface area (Å²) in [6.07, 6.45) is 12.3. The van der Waals surface area contributed by atoms with Crippen LogP contribution in [0.3, 0.4) is 0 Å². The molecule has 2 aliphatic rings. The monoisotopic (exact) mass is 912 g/mol. The van der Waals surface area contributed by atoms with Crippen molar-refractivity contribution in [2.75, 3.05) is 102 Å². The molecule has 64 heavy (non-hydrogen) atoms. The Hall–Kier alpha value is -5.02. The van der Waals surface area contributed by atoms with Gasteiger partial charge in [-0.15, -0.1) is 0 Å². The van der Waals surface area contributed by atoms with Crippen molar-refractivity contribution in [2.24, 2.45) is 0 Å². The fraction of sp³-hybridized carbons (Fsp3) is 0.614. The van der Waals surface area contributed by atoms with Crippen LogP contribution in [0.1, 0.15) is 70.6 Å². The number of likely N-dealkylation sites (N-methyl/N-ethyl adjacent to an activating group) is 1. The van der Waals surface area contributed by atoms with Gasteiger partial charge in [-0.3, -0.25) is 19.2 Å². The quantitative estimate of drug-likeness (QED) is 0.0286. The maximum absolute atomic E-state index is 12.4. The van der Waals surface area contributed by atoms with Crippen molar-refractivity contribution in [3.8, 4) is 0 Å². The zero-order valence-electron chi connectivity index (χ0n) is 37.2. The number of hydrogen-bond acceptors (Lipinski definition) is 14. The Morgan fingerprint density at radius 3 is 2.12 bits per heavy atom. The van der Waals surface area contributed by atoms with Gasteiger partial charge in [-0.2, -0.15) is 11.8 Å². The van der Waals surface area contributed by atoms with Gasteiger partial charge in [-0.1, -0.05) is 18.6 Å². The summed E-state index contributed by atoms with van der Waals surface area (Å²) in [5.41, 5.74) is 7.09. The van der Waals surface area contributed by atoms with Crippen molar-refractivity contribution in [1.29, 1.82) is 0 Å². The molecule has 0 aliphatic carbocycles. The highest BCUT2D eigenvalue weighted by atomic mass is 32.2. The molecule has 0 spiro atoms. The molecule has 4 rings (SSSR count). The van der Waals surface area contributed by atoms with Crippen LogP contribution < -0.4 is 43.0 Å². The number of thioether (sulfide) groups is 1. The first-order valence-corrected chi connectivity index (χ1v) is 23.5. The Bertz CT molecular complexity index is 1760. The average molecular weight is 912 g/mol. The Balaban J connectivity index is 0.840.